The predicted molar refractivity (Wildman–Crippen MR) is 59.3 cm³/mol. The first-order chi connectivity index (χ1) is 7.00. The van der Waals surface area contributed by atoms with Crippen molar-refractivity contribution in [2.24, 2.45) is 0 Å². The van der Waals surface area contributed by atoms with E-state index in [4.69, 9.17) is 4.74 Å². The second kappa shape index (κ2) is 5.25. The van der Waals surface area contributed by atoms with Gasteiger partial charge in [-0.3, -0.25) is 0 Å². The number of methoxy groups -OCH3 is 1. The van der Waals surface area contributed by atoms with Gasteiger partial charge in [0.05, 0.1) is 11.9 Å². The molecule has 0 radical (unpaired) electrons. The number of hydrogen-bond acceptors (Lipinski definition) is 4. The average Bonchev–Trinajstić information content (AvgIpc) is 2.18. The van der Waals surface area contributed by atoms with Gasteiger partial charge in [-0.15, -0.1) is 0 Å². The van der Waals surface area contributed by atoms with Gasteiger partial charge < -0.3 is 10.1 Å². The van der Waals surface area contributed by atoms with E-state index in [2.05, 4.69) is 5.32 Å². The minimum absolute atomic E-state index is 0.0306. The molecule has 0 aromatic rings. The SMILES string of the molecule is COCC(C)S(=O)(=O)N1CCNC[C@H]1C. The van der Waals surface area contributed by atoms with E-state index in [0.29, 0.717) is 6.54 Å². The minimum Gasteiger partial charge on any atom is -0.383 e. The third-order valence-electron chi connectivity index (χ3n) is 2.68. The molecule has 0 aromatic carbocycles. The lowest BCUT2D eigenvalue weighted by molar-refractivity contribution is 0.195. The fraction of sp³-hybridized carbons (Fsp3) is 1.00. The zero-order valence-electron chi connectivity index (χ0n) is 9.56. The van der Waals surface area contributed by atoms with Crippen LogP contribution in [0, 0.1) is 0 Å². The molecule has 1 unspecified atom stereocenters. The molecule has 0 spiro atoms. The smallest absolute Gasteiger partial charge is 0.219 e. The Kier molecular flexibility index (Phi) is 4.51. The molecule has 1 saturated heterocycles. The van der Waals surface area contributed by atoms with Gasteiger partial charge in [0, 0.05) is 32.8 Å². The van der Waals surface area contributed by atoms with Gasteiger partial charge in [0.2, 0.25) is 10.0 Å². The third-order valence-corrected chi connectivity index (χ3v) is 5.03. The van der Waals surface area contributed by atoms with Crippen molar-refractivity contribution in [2.75, 3.05) is 33.4 Å². The molecule has 1 rings (SSSR count). The van der Waals surface area contributed by atoms with Gasteiger partial charge in [0.25, 0.3) is 0 Å². The Labute approximate surface area is 91.8 Å². The van der Waals surface area contributed by atoms with E-state index in [1.807, 2.05) is 6.92 Å². The Hall–Kier alpha value is -0.170. The van der Waals surface area contributed by atoms with E-state index >= 15 is 0 Å². The first kappa shape index (κ1) is 12.9. The Balaban J connectivity index is 2.75. The molecule has 5 nitrogen and oxygen atoms in total. The summed E-state index contributed by atoms with van der Waals surface area (Å²) in [4.78, 5) is 0. The largest absolute Gasteiger partial charge is 0.383 e. The zero-order chi connectivity index (χ0) is 11.5. The maximum Gasteiger partial charge on any atom is 0.219 e. The summed E-state index contributed by atoms with van der Waals surface area (Å²) < 4.78 is 30.7. The van der Waals surface area contributed by atoms with Crippen molar-refractivity contribution in [3.8, 4) is 0 Å². The average molecular weight is 236 g/mol. The second-order valence-corrected chi connectivity index (χ2v) is 6.28. The van der Waals surface area contributed by atoms with Gasteiger partial charge in [-0.1, -0.05) is 0 Å². The van der Waals surface area contributed by atoms with Crippen LogP contribution in [-0.2, 0) is 14.8 Å². The van der Waals surface area contributed by atoms with Crippen LogP contribution in [-0.4, -0.2) is 57.4 Å². The van der Waals surface area contributed by atoms with Gasteiger partial charge in [0.15, 0.2) is 0 Å². The molecule has 90 valence electrons. The molecule has 15 heavy (non-hydrogen) atoms. The van der Waals surface area contributed by atoms with Gasteiger partial charge in [-0.2, -0.15) is 4.31 Å². The highest BCUT2D eigenvalue weighted by molar-refractivity contribution is 7.89. The summed E-state index contributed by atoms with van der Waals surface area (Å²) in [5, 5.41) is 2.70. The lowest BCUT2D eigenvalue weighted by atomic mass is 10.3. The van der Waals surface area contributed by atoms with E-state index in [-0.39, 0.29) is 12.6 Å². The molecule has 0 aromatic heterocycles. The summed E-state index contributed by atoms with van der Waals surface area (Å²) in [7, 11) is -1.68. The van der Waals surface area contributed by atoms with Crippen LogP contribution in [0.3, 0.4) is 0 Å². The summed E-state index contributed by atoms with van der Waals surface area (Å²) in [6.45, 7) is 5.86. The molecule has 1 heterocycles. The molecule has 6 heteroatoms. The highest BCUT2D eigenvalue weighted by Crippen LogP contribution is 2.14. The van der Waals surface area contributed by atoms with Gasteiger partial charge >= 0.3 is 0 Å². The number of ether oxygens (including phenoxy) is 1. The number of nitrogens with zero attached hydrogens (tertiary/aromatic N) is 1. The summed E-state index contributed by atoms with van der Waals surface area (Å²) in [6.07, 6.45) is 0. The monoisotopic (exact) mass is 236 g/mol. The van der Waals surface area contributed by atoms with Crippen LogP contribution in [0.4, 0.5) is 0 Å². The lowest BCUT2D eigenvalue weighted by Crippen LogP contribution is -2.54. The van der Waals surface area contributed by atoms with Gasteiger partial charge in [-0.25, -0.2) is 8.42 Å². The molecule has 0 saturated carbocycles. The van der Waals surface area contributed by atoms with E-state index in [9.17, 15) is 8.42 Å². The van der Waals surface area contributed by atoms with Crippen LogP contribution in [0.25, 0.3) is 0 Å². The van der Waals surface area contributed by atoms with Gasteiger partial charge in [-0.05, 0) is 13.8 Å². The number of piperazine rings is 1. The van der Waals surface area contributed by atoms with E-state index in [1.54, 1.807) is 11.2 Å². The van der Waals surface area contributed by atoms with Crippen LogP contribution in [0.5, 0.6) is 0 Å². The Morgan fingerprint density at radius 2 is 2.27 bits per heavy atom. The van der Waals surface area contributed by atoms with Crippen molar-refractivity contribution >= 4 is 10.0 Å². The molecular formula is C9H20N2O3S. The van der Waals surface area contributed by atoms with Crippen molar-refractivity contribution in [3.05, 3.63) is 0 Å². The van der Waals surface area contributed by atoms with Crippen LogP contribution >= 0.6 is 0 Å². The standard InChI is InChI=1S/C9H20N2O3S/c1-8-6-10-4-5-11(8)15(12,13)9(2)7-14-3/h8-10H,4-7H2,1-3H3/t8-,9?/m1/s1. The number of nitrogens with one attached hydrogen (secondary N) is 1. The fourth-order valence-electron chi connectivity index (χ4n) is 1.75. The summed E-state index contributed by atoms with van der Waals surface area (Å²) in [6, 6.07) is 0.0306. The van der Waals surface area contributed by atoms with Crippen LogP contribution < -0.4 is 5.32 Å². The summed E-state index contributed by atoms with van der Waals surface area (Å²) in [5.41, 5.74) is 0. The topological polar surface area (TPSA) is 58.6 Å². The molecule has 0 amide bonds. The lowest BCUT2D eigenvalue weighted by Gasteiger charge is -2.34. The molecular weight excluding hydrogens is 216 g/mol. The van der Waals surface area contributed by atoms with E-state index in [0.717, 1.165) is 13.1 Å². The summed E-state index contributed by atoms with van der Waals surface area (Å²) >= 11 is 0. The minimum atomic E-state index is -3.21. The van der Waals surface area contributed by atoms with Gasteiger partial charge in [0.1, 0.15) is 0 Å². The molecule has 1 N–H and O–H groups in total. The Morgan fingerprint density at radius 3 is 2.80 bits per heavy atom. The first-order valence-corrected chi connectivity index (χ1v) is 6.70. The van der Waals surface area contributed by atoms with Crippen molar-refractivity contribution in [1.29, 1.82) is 0 Å². The molecule has 1 aliphatic rings. The molecule has 1 aliphatic heterocycles. The number of rotatable bonds is 4. The number of hydrogen-bond donors (Lipinski definition) is 1. The zero-order valence-corrected chi connectivity index (χ0v) is 10.4. The highest BCUT2D eigenvalue weighted by atomic mass is 32.2. The van der Waals surface area contributed by atoms with Crippen LogP contribution in [0.2, 0.25) is 0 Å². The molecule has 1 fully saturated rings. The molecule has 0 aliphatic carbocycles. The molecule has 0 bridgehead atoms. The van der Waals surface area contributed by atoms with Crippen molar-refractivity contribution in [3.63, 3.8) is 0 Å². The first-order valence-electron chi connectivity index (χ1n) is 5.20. The van der Waals surface area contributed by atoms with Crippen molar-refractivity contribution < 1.29 is 13.2 Å². The van der Waals surface area contributed by atoms with Crippen molar-refractivity contribution in [2.45, 2.75) is 25.1 Å². The van der Waals surface area contributed by atoms with Crippen LogP contribution in [0.1, 0.15) is 13.8 Å². The fourth-order valence-corrected chi connectivity index (χ4v) is 3.44. The van der Waals surface area contributed by atoms with E-state index in [1.165, 1.54) is 7.11 Å². The quantitative estimate of drug-likeness (QED) is 0.724. The second-order valence-electron chi connectivity index (χ2n) is 3.97. The Bertz CT molecular complexity index is 292. The predicted octanol–water partition coefficient (Wildman–Crippen LogP) is -0.355. The van der Waals surface area contributed by atoms with Crippen molar-refractivity contribution in [1.82, 2.24) is 9.62 Å². The van der Waals surface area contributed by atoms with Crippen LogP contribution in [0.15, 0.2) is 0 Å². The molecule has 2 atom stereocenters. The normalized spacial score (nSPS) is 26.5. The maximum absolute atomic E-state index is 12.1. The number of sulfonamides is 1. The summed E-state index contributed by atoms with van der Waals surface area (Å²) in [5.74, 6) is 0. The highest BCUT2D eigenvalue weighted by Gasteiger charge is 2.33. The third kappa shape index (κ3) is 2.90. The Morgan fingerprint density at radius 1 is 1.60 bits per heavy atom. The maximum atomic E-state index is 12.1. The van der Waals surface area contributed by atoms with E-state index < -0.39 is 15.3 Å².